The normalized spacial score (nSPS) is 14.9. The third kappa shape index (κ3) is 3.91. The van der Waals surface area contributed by atoms with E-state index in [-0.39, 0.29) is 0 Å². The standard InChI is InChI=1S/C24H30N2O3/c1-27-21-15-18(16-22(28-2)23(21)29-3)24-25-19-11-7-8-12-20(19)26(24)14-13-17-9-5-4-6-10-17/h7-8,11-12,15-17H,4-6,9-10,13-14H2,1-3H3. The molecule has 0 amide bonds. The Balaban J connectivity index is 1.77. The van der Waals surface area contributed by atoms with Crippen LogP contribution in [-0.4, -0.2) is 30.9 Å². The molecule has 1 saturated carbocycles. The van der Waals surface area contributed by atoms with E-state index in [1.807, 2.05) is 18.2 Å². The summed E-state index contributed by atoms with van der Waals surface area (Å²) in [5.41, 5.74) is 3.16. The summed E-state index contributed by atoms with van der Waals surface area (Å²) in [5, 5.41) is 0. The second-order valence-electron chi connectivity index (χ2n) is 7.78. The lowest BCUT2D eigenvalue weighted by molar-refractivity contribution is 0.324. The molecule has 0 radical (unpaired) electrons. The summed E-state index contributed by atoms with van der Waals surface area (Å²) in [6, 6.07) is 12.3. The summed E-state index contributed by atoms with van der Waals surface area (Å²) < 4.78 is 19.0. The maximum Gasteiger partial charge on any atom is 0.203 e. The van der Waals surface area contributed by atoms with E-state index in [2.05, 4.69) is 22.8 Å². The van der Waals surface area contributed by atoms with Crippen LogP contribution in [-0.2, 0) is 6.54 Å². The number of methoxy groups -OCH3 is 3. The Kier molecular flexibility index (Phi) is 5.93. The number of fused-ring (bicyclic) bond motifs is 1. The van der Waals surface area contributed by atoms with E-state index in [0.29, 0.717) is 17.2 Å². The number of aryl methyl sites for hydroxylation is 1. The van der Waals surface area contributed by atoms with Crippen LogP contribution in [0.1, 0.15) is 38.5 Å². The van der Waals surface area contributed by atoms with Gasteiger partial charge in [0.25, 0.3) is 0 Å². The van der Waals surface area contributed by atoms with Crippen LogP contribution in [0.5, 0.6) is 17.2 Å². The van der Waals surface area contributed by atoms with E-state index in [0.717, 1.165) is 29.4 Å². The van der Waals surface area contributed by atoms with Crippen molar-refractivity contribution in [3.63, 3.8) is 0 Å². The van der Waals surface area contributed by atoms with Crippen LogP contribution >= 0.6 is 0 Å². The van der Waals surface area contributed by atoms with Crippen molar-refractivity contribution < 1.29 is 14.2 Å². The summed E-state index contributed by atoms with van der Waals surface area (Å²) in [7, 11) is 4.92. The molecular formula is C24H30N2O3. The number of hydrogen-bond donors (Lipinski definition) is 0. The fraction of sp³-hybridized carbons (Fsp3) is 0.458. The van der Waals surface area contributed by atoms with Gasteiger partial charge in [0.15, 0.2) is 11.5 Å². The zero-order valence-electron chi connectivity index (χ0n) is 17.6. The van der Waals surface area contributed by atoms with Gasteiger partial charge in [-0.25, -0.2) is 4.98 Å². The van der Waals surface area contributed by atoms with Gasteiger partial charge in [-0.1, -0.05) is 44.2 Å². The number of imidazole rings is 1. The van der Waals surface area contributed by atoms with E-state index >= 15 is 0 Å². The third-order valence-corrected chi connectivity index (χ3v) is 6.06. The maximum absolute atomic E-state index is 5.57. The molecule has 29 heavy (non-hydrogen) atoms. The van der Waals surface area contributed by atoms with Crippen LogP contribution in [0.4, 0.5) is 0 Å². The molecule has 0 bridgehead atoms. The molecule has 0 saturated heterocycles. The topological polar surface area (TPSA) is 45.5 Å². The molecule has 1 fully saturated rings. The lowest BCUT2D eigenvalue weighted by atomic mass is 9.87. The summed E-state index contributed by atoms with van der Waals surface area (Å²) in [6.45, 7) is 0.969. The largest absolute Gasteiger partial charge is 0.493 e. The number of benzene rings is 2. The van der Waals surface area contributed by atoms with Gasteiger partial charge >= 0.3 is 0 Å². The molecule has 0 spiro atoms. The lowest BCUT2D eigenvalue weighted by Crippen LogP contribution is -2.11. The number of hydrogen-bond acceptors (Lipinski definition) is 4. The Bertz CT molecular complexity index is 948. The zero-order valence-corrected chi connectivity index (χ0v) is 17.6. The van der Waals surface area contributed by atoms with Gasteiger partial charge in [0.2, 0.25) is 5.75 Å². The van der Waals surface area contributed by atoms with Crippen molar-refractivity contribution in [2.45, 2.75) is 45.1 Å². The molecule has 4 rings (SSSR count). The molecule has 0 atom stereocenters. The fourth-order valence-electron chi connectivity index (χ4n) is 4.52. The van der Waals surface area contributed by atoms with Crippen molar-refractivity contribution in [3.8, 4) is 28.6 Å². The second-order valence-corrected chi connectivity index (χ2v) is 7.78. The highest BCUT2D eigenvalue weighted by Gasteiger charge is 2.20. The van der Waals surface area contributed by atoms with Crippen LogP contribution in [0.3, 0.4) is 0 Å². The number of para-hydroxylation sites is 2. The van der Waals surface area contributed by atoms with Crippen molar-refractivity contribution in [2.75, 3.05) is 21.3 Å². The number of nitrogens with zero attached hydrogens (tertiary/aromatic N) is 2. The molecule has 1 aliphatic carbocycles. The molecule has 0 aliphatic heterocycles. The van der Waals surface area contributed by atoms with Gasteiger partial charge in [0.1, 0.15) is 5.82 Å². The average molecular weight is 395 g/mol. The van der Waals surface area contributed by atoms with Gasteiger partial charge in [0, 0.05) is 12.1 Å². The molecule has 1 aliphatic rings. The van der Waals surface area contributed by atoms with Crippen molar-refractivity contribution in [3.05, 3.63) is 36.4 Å². The van der Waals surface area contributed by atoms with Gasteiger partial charge in [-0.15, -0.1) is 0 Å². The summed E-state index contributed by atoms with van der Waals surface area (Å²) >= 11 is 0. The van der Waals surface area contributed by atoms with E-state index in [1.54, 1.807) is 21.3 Å². The number of rotatable bonds is 7. The fourth-order valence-corrected chi connectivity index (χ4v) is 4.52. The molecule has 5 heteroatoms. The van der Waals surface area contributed by atoms with Crippen molar-refractivity contribution in [1.29, 1.82) is 0 Å². The Hall–Kier alpha value is -2.69. The van der Waals surface area contributed by atoms with Gasteiger partial charge in [-0.2, -0.15) is 0 Å². The Morgan fingerprint density at radius 1 is 0.931 bits per heavy atom. The van der Waals surface area contributed by atoms with Crippen LogP contribution in [0.25, 0.3) is 22.4 Å². The monoisotopic (exact) mass is 394 g/mol. The van der Waals surface area contributed by atoms with Crippen molar-refractivity contribution in [1.82, 2.24) is 9.55 Å². The minimum Gasteiger partial charge on any atom is -0.493 e. The highest BCUT2D eigenvalue weighted by atomic mass is 16.5. The second kappa shape index (κ2) is 8.76. The SMILES string of the molecule is COc1cc(-c2nc3ccccc3n2CCC2CCCCC2)cc(OC)c1OC. The summed E-state index contributed by atoms with van der Waals surface area (Å²) in [6.07, 6.45) is 8.03. The Morgan fingerprint density at radius 2 is 1.62 bits per heavy atom. The van der Waals surface area contributed by atoms with Crippen molar-refractivity contribution in [2.24, 2.45) is 5.92 Å². The van der Waals surface area contributed by atoms with E-state index in [1.165, 1.54) is 44.0 Å². The molecule has 1 aromatic heterocycles. The van der Waals surface area contributed by atoms with Gasteiger partial charge in [0.05, 0.1) is 32.4 Å². The first-order valence-electron chi connectivity index (χ1n) is 10.5. The summed E-state index contributed by atoms with van der Waals surface area (Å²) in [5.74, 6) is 3.66. The first-order chi connectivity index (χ1) is 14.2. The van der Waals surface area contributed by atoms with Crippen LogP contribution < -0.4 is 14.2 Å². The third-order valence-electron chi connectivity index (χ3n) is 6.06. The van der Waals surface area contributed by atoms with E-state index in [4.69, 9.17) is 19.2 Å². The predicted octanol–water partition coefficient (Wildman–Crippen LogP) is 5.70. The number of aromatic nitrogens is 2. The highest BCUT2D eigenvalue weighted by Crippen LogP contribution is 2.41. The molecule has 154 valence electrons. The van der Waals surface area contributed by atoms with Crippen LogP contribution in [0.15, 0.2) is 36.4 Å². The maximum atomic E-state index is 5.57. The van der Waals surface area contributed by atoms with Crippen LogP contribution in [0.2, 0.25) is 0 Å². The van der Waals surface area contributed by atoms with E-state index < -0.39 is 0 Å². The lowest BCUT2D eigenvalue weighted by Gasteiger charge is -2.22. The van der Waals surface area contributed by atoms with Gasteiger partial charge < -0.3 is 18.8 Å². The molecule has 0 unspecified atom stereocenters. The van der Waals surface area contributed by atoms with Gasteiger partial charge in [-0.05, 0) is 36.6 Å². The molecule has 1 heterocycles. The van der Waals surface area contributed by atoms with Gasteiger partial charge in [-0.3, -0.25) is 0 Å². The quantitative estimate of drug-likeness (QED) is 0.516. The molecule has 3 aromatic rings. The van der Waals surface area contributed by atoms with Crippen LogP contribution in [0, 0.1) is 5.92 Å². The predicted molar refractivity (Wildman–Crippen MR) is 116 cm³/mol. The molecule has 5 nitrogen and oxygen atoms in total. The molecule has 0 N–H and O–H groups in total. The zero-order chi connectivity index (χ0) is 20.2. The summed E-state index contributed by atoms with van der Waals surface area (Å²) in [4.78, 5) is 4.96. The van der Waals surface area contributed by atoms with E-state index in [9.17, 15) is 0 Å². The minimum atomic E-state index is 0.601. The molecule has 2 aromatic carbocycles. The average Bonchev–Trinajstić information content (AvgIpc) is 3.15. The Morgan fingerprint density at radius 3 is 2.28 bits per heavy atom. The minimum absolute atomic E-state index is 0.601. The first-order valence-corrected chi connectivity index (χ1v) is 10.5. The Labute approximate surface area is 172 Å². The number of ether oxygens (including phenoxy) is 3. The smallest absolute Gasteiger partial charge is 0.203 e. The van der Waals surface area contributed by atoms with Crippen molar-refractivity contribution >= 4 is 11.0 Å². The molecular weight excluding hydrogens is 364 g/mol. The first kappa shape index (κ1) is 19.6. The highest BCUT2D eigenvalue weighted by molar-refractivity contribution is 5.81.